The van der Waals surface area contributed by atoms with Gasteiger partial charge in [0.1, 0.15) is 0 Å². The van der Waals surface area contributed by atoms with Crippen molar-refractivity contribution in [3.8, 4) is 0 Å². The van der Waals surface area contributed by atoms with Gasteiger partial charge in [-0.3, -0.25) is 0 Å². The van der Waals surface area contributed by atoms with E-state index in [4.69, 9.17) is 23.2 Å². The first-order valence-corrected chi connectivity index (χ1v) is 5.69. The largest absolute Gasteiger partial charge is 0.384 e. The molecule has 0 unspecified atom stereocenters. The van der Waals surface area contributed by atoms with Crippen molar-refractivity contribution >= 4 is 28.9 Å². The first-order valence-electron chi connectivity index (χ1n) is 4.93. The van der Waals surface area contributed by atoms with Crippen LogP contribution in [0.5, 0.6) is 0 Å². The first kappa shape index (κ1) is 11.7. The third-order valence-electron chi connectivity index (χ3n) is 2.05. The summed E-state index contributed by atoms with van der Waals surface area (Å²) in [6.07, 6.45) is 3.63. The highest BCUT2D eigenvalue weighted by molar-refractivity contribution is 6.43. The van der Waals surface area contributed by atoms with E-state index in [1.165, 1.54) is 19.3 Å². The molecular weight excluding hydrogens is 217 g/mol. The predicted molar refractivity (Wildman–Crippen MR) is 64.5 cm³/mol. The molecule has 0 saturated heterocycles. The van der Waals surface area contributed by atoms with Gasteiger partial charge in [0.05, 0.1) is 15.7 Å². The molecule has 0 radical (unpaired) electrons. The number of nitrogens with one attached hydrogen (secondary N) is 1. The topological polar surface area (TPSA) is 12.0 Å². The second-order valence-corrected chi connectivity index (χ2v) is 4.02. The number of hydrogen-bond donors (Lipinski definition) is 1. The van der Waals surface area contributed by atoms with Crippen molar-refractivity contribution in [1.82, 2.24) is 0 Å². The Bertz CT molecular complexity index is 287. The van der Waals surface area contributed by atoms with Crippen LogP contribution in [0.15, 0.2) is 18.2 Å². The summed E-state index contributed by atoms with van der Waals surface area (Å²) in [6.45, 7) is 3.14. The molecule has 0 heterocycles. The highest BCUT2D eigenvalue weighted by Gasteiger charge is 2.02. The summed E-state index contributed by atoms with van der Waals surface area (Å²) in [4.78, 5) is 0. The Kier molecular flexibility index (Phi) is 5.13. The summed E-state index contributed by atoms with van der Waals surface area (Å²) >= 11 is 11.9. The van der Waals surface area contributed by atoms with Gasteiger partial charge >= 0.3 is 0 Å². The lowest BCUT2D eigenvalue weighted by Gasteiger charge is -2.08. The summed E-state index contributed by atoms with van der Waals surface area (Å²) in [5.74, 6) is 0. The van der Waals surface area contributed by atoms with E-state index in [0.29, 0.717) is 10.0 Å². The number of rotatable bonds is 5. The standard InChI is InChI=1S/C11H15Cl2N/c1-2-3-4-8-14-10-7-5-6-9(12)11(10)13/h5-7,14H,2-4,8H2,1H3. The van der Waals surface area contributed by atoms with Gasteiger partial charge in [-0.05, 0) is 18.6 Å². The van der Waals surface area contributed by atoms with Crippen LogP contribution in [0.1, 0.15) is 26.2 Å². The molecular formula is C11H15Cl2N. The van der Waals surface area contributed by atoms with Crippen LogP contribution in [0, 0.1) is 0 Å². The zero-order valence-electron chi connectivity index (χ0n) is 8.32. The molecule has 1 aromatic rings. The van der Waals surface area contributed by atoms with Gasteiger partial charge in [-0.1, -0.05) is 49.0 Å². The van der Waals surface area contributed by atoms with E-state index >= 15 is 0 Å². The molecule has 1 N–H and O–H groups in total. The molecule has 0 saturated carbocycles. The number of hydrogen-bond acceptors (Lipinski definition) is 1. The van der Waals surface area contributed by atoms with Crippen molar-refractivity contribution in [2.24, 2.45) is 0 Å². The van der Waals surface area contributed by atoms with Gasteiger partial charge in [-0.2, -0.15) is 0 Å². The third kappa shape index (κ3) is 3.39. The molecule has 3 heteroatoms. The highest BCUT2D eigenvalue weighted by atomic mass is 35.5. The van der Waals surface area contributed by atoms with Gasteiger partial charge in [0, 0.05) is 6.54 Å². The average molecular weight is 232 g/mol. The summed E-state index contributed by atoms with van der Waals surface area (Å²) in [5.41, 5.74) is 0.926. The summed E-state index contributed by atoms with van der Waals surface area (Å²) in [6, 6.07) is 5.64. The van der Waals surface area contributed by atoms with Crippen LogP contribution in [-0.2, 0) is 0 Å². The SMILES string of the molecule is CCCCCNc1cccc(Cl)c1Cl. The van der Waals surface area contributed by atoms with Gasteiger partial charge in [0.25, 0.3) is 0 Å². The Balaban J connectivity index is 2.46. The Morgan fingerprint density at radius 1 is 1.21 bits per heavy atom. The van der Waals surface area contributed by atoms with Gasteiger partial charge in [0.2, 0.25) is 0 Å². The molecule has 0 aliphatic heterocycles. The van der Waals surface area contributed by atoms with Gasteiger partial charge in [-0.25, -0.2) is 0 Å². The molecule has 0 amide bonds. The van der Waals surface area contributed by atoms with E-state index in [9.17, 15) is 0 Å². The summed E-state index contributed by atoms with van der Waals surface area (Å²) in [7, 11) is 0. The minimum absolute atomic E-state index is 0.604. The van der Waals surface area contributed by atoms with Crippen LogP contribution >= 0.6 is 23.2 Å². The minimum atomic E-state index is 0.604. The van der Waals surface area contributed by atoms with Crippen molar-refractivity contribution in [2.45, 2.75) is 26.2 Å². The fourth-order valence-corrected chi connectivity index (χ4v) is 1.61. The lowest BCUT2D eigenvalue weighted by molar-refractivity contribution is 0.744. The number of benzene rings is 1. The predicted octanol–water partition coefficient (Wildman–Crippen LogP) is 4.60. The van der Waals surface area contributed by atoms with Crippen LogP contribution in [-0.4, -0.2) is 6.54 Å². The molecule has 0 fully saturated rings. The maximum Gasteiger partial charge on any atom is 0.0823 e. The Morgan fingerprint density at radius 3 is 2.71 bits per heavy atom. The molecule has 1 aromatic carbocycles. The van der Waals surface area contributed by atoms with Crippen molar-refractivity contribution in [2.75, 3.05) is 11.9 Å². The van der Waals surface area contributed by atoms with Crippen molar-refractivity contribution in [3.05, 3.63) is 28.2 Å². The van der Waals surface area contributed by atoms with Crippen LogP contribution < -0.4 is 5.32 Å². The van der Waals surface area contributed by atoms with Gasteiger partial charge in [-0.15, -0.1) is 0 Å². The molecule has 0 aliphatic carbocycles. The lowest BCUT2D eigenvalue weighted by Crippen LogP contribution is -2.01. The van der Waals surface area contributed by atoms with Gasteiger partial charge in [0.15, 0.2) is 0 Å². The highest BCUT2D eigenvalue weighted by Crippen LogP contribution is 2.29. The Morgan fingerprint density at radius 2 is 2.00 bits per heavy atom. The van der Waals surface area contributed by atoms with Crippen LogP contribution in [0.25, 0.3) is 0 Å². The van der Waals surface area contributed by atoms with Crippen LogP contribution in [0.4, 0.5) is 5.69 Å². The second kappa shape index (κ2) is 6.15. The van der Waals surface area contributed by atoms with Crippen LogP contribution in [0.2, 0.25) is 10.0 Å². The normalized spacial score (nSPS) is 10.2. The van der Waals surface area contributed by atoms with Gasteiger partial charge < -0.3 is 5.32 Å². The smallest absolute Gasteiger partial charge is 0.0823 e. The minimum Gasteiger partial charge on any atom is -0.384 e. The van der Waals surface area contributed by atoms with E-state index in [0.717, 1.165) is 12.2 Å². The summed E-state index contributed by atoms with van der Waals surface area (Å²) in [5, 5.41) is 4.49. The Hall–Kier alpha value is -0.400. The molecule has 14 heavy (non-hydrogen) atoms. The van der Waals surface area contributed by atoms with E-state index in [2.05, 4.69) is 12.2 Å². The quantitative estimate of drug-likeness (QED) is 0.731. The van der Waals surface area contributed by atoms with Crippen LogP contribution in [0.3, 0.4) is 0 Å². The molecule has 1 rings (SSSR count). The fraction of sp³-hybridized carbons (Fsp3) is 0.455. The van der Waals surface area contributed by atoms with E-state index in [-0.39, 0.29) is 0 Å². The molecule has 0 atom stereocenters. The zero-order valence-corrected chi connectivity index (χ0v) is 9.83. The third-order valence-corrected chi connectivity index (χ3v) is 2.87. The first-order chi connectivity index (χ1) is 6.75. The number of anilines is 1. The summed E-state index contributed by atoms with van der Waals surface area (Å²) < 4.78 is 0. The average Bonchev–Trinajstić information content (AvgIpc) is 2.19. The molecule has 0 aliphatic rings. The maximum absolute atomic E-state index is 6.01. The lowest BCUT2D eigenvalue weighted by atomic mass is 10.2. The number of halogens is 2. The zero-order chi connectivity index (χ0) is 10.4. The van der Waals surface area contributed by atoms with E-state index in [1.54, 1.807) is 6.07 Å². The second-order valence-electron chi connectivity index (χ2n) is 3.24. The van der Waals surface area contributed by atoms with Crippen molar-refractivity contribution in [1.29, 1.82) is 0 Å². The molecule has 0 bridgehead atoms. The maximum atomic E-state index is 6.01. The van der Waals surface area contributed by atoms with Crippen molar-refractivity contribution in [3.63, 3.8) is 0 Å². The monoisotopic (exact) mass is 231 g/mol. The molecule has 78 valence electrons. The molecule has 0 spiro atoms. The van der Waals surface area contributed by atoms with Crippen molar-refractivity contribution < 1.29 is 0 Å². The Labute approximate surface area is 95.4 Å². The molecule has 0 aromatic heterocycles. The molecule has 1 nitrogen and oxygen atoms in total. The number of unbranched alkanes of at least 4 members (excludes halogenated alkanes) is 2. The fourth-order valence-electron chi connectivity index (χ4n) is 1.24. The van der Waals surface area contributed by atoms with E-state index in [1.807, 2.05) is 12.1 Å². The van der Waals surface area contributed by atoms with E-state index < -0.39 is 0 Å².